The number of aryl methyl sites for hydroxylation is 1. The van der Waals surface area contributed by atoms with Crippen molar-refractivity contribution >= 4 is 43.8 Å². The molecule has 4 heterocycles. The summed E-state index contributed by atoms with van der Waals surface area (Å²) < 4.78 is 41.2. The number of imidazole rings is 1. The fourth-order valence-electron chi connectivity index (χ4n) is 4.34. The average molecular weight is 530 g/mol. The molecule has 4 aromatic rings. The fourth-order valence-corrected chi connectivity index (χ4v) is 6.23. The maximum absolute atomic E-state index is 13.3. The zero-order valence-electron chi connectivity index (χ0n) is 20.4. The Kier molecular flexibility index (Phi) is 6.66. The first kappa shape index (κ1) is 24.6. The van der Waals surface area contributed by atoms with Gasteiger partial charge in [0.05, 0.1) is 17.1 Å². The van der Waals surface area contributed by atoms with Crippen molar-refractivity contribution in [3.05, 3.63) is 53.3 Å². The molecule has 1 aliphatic heterocycles. The monoisotopic (exact) mass is 529 g/mol. The van der Waals surface area contributed by atoms with Gasteiger partial charge >= 0.3 is 0 Å². The van der Waals surface area contributed by atoms with Crippen molar-refractivity contribution in [3.8, 4) is 11.3 Å². The molecule has 0 N–H and O–H groups in total. The molecule has 1 saturated heterocycles. The van der Waals surface area contributed by atoms with Crippen LogP contribution in [0.4, 0.5) is 21.2 Å². The summed E-state index contributed by atoms with van der Waals surface area (Å²) in [4.78, 5) is 13.7. The largest absolute Gasteiger partial charge is 0.353 e. The molecule has 36 heavy (non-hydrogen) atoms. The highest BCUT2D eigenvalue weighted by molar-refractivity contribution is 7.89. The van der Waals surface area contributed by atoms with Gasteiger partial charge < -0.3 is 9.80 Å². The first-order valence-corrected chi connectivity index (χ1v) is 14.4. The smallest absolute Gasteiger partial charge is 0.213 e. The van der Waals surface area contributed by atoms with Crippen LogP contribution in [-0.2, 0) is 16.4 Å². The second-order valence-corrected chi connectivity index (χ2v) is 11.7. The second kappa shape index (κ2) is 9.75. The summed E-state index contributed by atoms with van der Waals surface area (Å²) >= 11 is 1.50. The predicted molar refractivity (Wildman–Crippen MR) is 141 cm³/mol. The van der Waals surface area contributed by atoms with Gasteiger partial charge in [0.1, 0.15) is 11.6 Å². The molecule has 5 rings (SSSR count). The van der Waals surface area contributed by atoms with E-state index in [0.29, 0.717) is 26.2 Å². The maximum atomic E-state index is 13.3. The van der Waals surface area contributed by atoms with Crippen molar-refractivity contribution in [1.29, 1.82) is 0 Å². The molecule has 12 heteroatoms. The fraction of sp³-hybridized carbons (Fsp3) is 0.375. The Bertz CT molecular complexity index is 1480. The van der Waals surface area contributed by atoms with Crippen molar-refractivity contribution < 1.29 is 12.8 Å². The quantitative estimate of drug-likeness (QED) is 0.360. The van der Waals surface area contributed by atoms with Crippen molar-refractivity contribution in [1.82, 2.24) is 23.9 Å². The predicted octanol–water partition coefficient (Wildman–Crippen LogP) is 3.79. The summed E-state index contributed by atoms with van der Waals surface area (Å²) in [6.07, 6.45) is 0.724. The molecule has 0 amide bonds. The molecule has 0 aliphatic carbocycles. The molecular formula is C24H28FN7O2S2. The lowest BCUT2D eigenvalue weighted by atomic mass is 10.2. The van der Waals surface area contributed by atoms with Crippen LogP contribution in [0, 0.1) is 5.82 Å². The maximum Gasteiger partial charge on any atom is 0.213 e. The molecule has 3 aromatic heterocycles. The molecule has 0 unspecified atom stereocenters. The van der Waals surface area contributed by atoms with Crippen molar-refractivity contribution in [2.75, 3.05) is 48.8 Å². The number of halogens is 1. The van der Waals surface area contributed by atoms with E-state index in [0.717, 1.165) is 45.8 Å². The van der Waals surface area contributed by atoms with Crippen LogP contribution >= 0.6 is 11.3 Å². The number of hydrogen-bond acceptors (Lipinski definition) is 8. The van der Waals surface area contributed by atoms with E-state index in [1.807, 2.05) is 34.0 Å². The highest BCUT2D eigenvalue weighted by atomic mass is 32.2. The molecule has 0 radical (unpaired) electrons. The SMILES string of the molecule is CCc1nc2ccc(N3CCN(S(=O)(=O)CC)CC3)nn2c1N(C)c1nc(-c2ccc(F)cc2)cs1. The minimum absolute atomic E-state index is 0.112. The summed E-state index contributed by atoms with van der Waals surface area (Å²) in [5.74, 6) is 1.44. The molecule has 1 fully saturated rings. The van der Waals surface area contributed by atoms with E-state index in [2.05, 4.69) is 11.8 Å². The first-order chi connectivity index (χ1) is 17.3. The highest BCUT2D eigenvalue weighted by Crippen LogP contribution is 2.33. The number of aromatic nitrogens is 4. The Morgan fingerprint density at radius 3 is 2.42 bits per heavy atom. The summed E-state index contributed by atoms with van der Waals surface area (Å²) in [5.41, 5.74) is 3.27. The molecule has 9 nitrogen and oxygen atoms in total. The van der Waals surface area contributed by atoms with Gasteiger partial charge in [-0.2, -0.15) is 8.82 Å². The van der Waals surface area contributed by atoms with Gasteiger partial charge in [-0.25, -0.2) is 22.8 Å². The van der Waals surface area contributed by atoms with Crippen molar-refractivity contribution in [3.63, 3.8) is 0 Å². The number of fused-ring (bicyclic) bond motifs is 1. The van der Waals surface area contributed by atoms with Crippen LogP contribution in [0.15, 0.2) is 41.8 Å². The number of anilines is 3. The highest BCUT2D eigenvalue weighted by Gasteiger charge is 2.27. The Morgan fingerprint density at radius 1 is 1.03 bits per heavy atom. The number of rotatable bonds is 7. The van der Waals surface area contributed by atoms with Gasteiger partial charge in [0.2, 0.25) is 10.0 Å². The molecule has 0 spiro atoms. The molecule has 1 aromatic carbocycles. The van der Waals surface area contributed by atoms with Crippen molar-refractivity contribution in [2.24, 2.45) is 0 Å². The standard InChI is InChI=1S/C24H28FN7O2S2/c1-4-19-23(29(3)24-27-20(16-35-24)17-6-8-18(25)9-7-17)32-21(26-19)10-11-22(28-32)30-12-14-31(15-13-30)36(33,34)5-2/h6-11,16H,4-5,12-15H2,1-3H3. The van der Waals surface area contributed by atoms with Gasteiger partial charge in [0, 0.05) is 44.2 Å². The normalized spacial score (nSPS) is 15.1. The molecule has 1 aliphatic rings. The number of sulfonamides is 1. The van der Waals surface area contributed by atoms with Crippen LogP contribution in [-0.4, -0.2) is 71.3 Å². The van der Waals surface area contributed by atoms with E-state index >= 15 is 0 Å². The third-order valence-electron chi connectivity index (χ3n) is 6.40. The average Bonchev–Trinajstić information content (AvgIpc) is 3.53. The zero-order valence-corrected chi connectivity index (χ0v) is 22.1. The number of piperazine rings is 1. The summed E-state index contributed by atoms with van der Waals surface area (Å²) in [7, 11) is -1.25. The van der Waals surface area contributed by atoms with Crippen molar-refractivity contribution in [2.45, 2.75) is 20.3 Å². The molecule has 0 saturated carbocycles. The molecule has 0 atom stereocenters. The van der Waals surface area contributed by atoms with Gasteiger partial charge in [0.25, 0.3) is 0 Å². The first-order valence-electron chi connectivity index (χ1n) is 11.9. The third kappa shape index (κ3) is 4.56. The van der Waals surface area contributed by atoms with Crippen LogP contribution in [0.2, 0.25) is 0 Å². The van der Waals surface area contributed by atoms with E-state index in [-0.39, 0.29) is 11.6 Å². The molecule has 190 valence electrons. The second-order valence-electron chi connectivity index (χ2n) is 8.57. The molecular weight excluding hydrogens is 501 g/mol. The van der Waals surface area contributed by atoms with Gasteiger partial charge in [-0.1, -0.05) is 6.92 Å². The van der Waals surface area contributed by atoms with Crippen LogP contribution in [0.25, 0.3) is 16.9 Å². The Morgan fingerprint density at radius 2 is 1.75 bits per heavy atom. The van der Waals surface area contributed by atoms with E-state index in [9.17, 15) is 12.8 Å². The van der Waals surface area contributed by atoms with Crippen LogP contribution in [0.5, 0.6) is 0 Å². The zero-order chi connectivity index (χ0) is 25.4. The number of nitrogens with zero attached hydrogens (tertiary/aromatic N) is 7. The lowest BCUT2D eigenvalue weighted by Gasteiger charge is -2.34. The summed E-state index contributed by atoms with van der Waals surface area (Å²) in [5, 5.41) is 7.63. The van der Waals surface area contributed by atoms with E-state index < -0.39 is 10.0 Å². The lowest BCUT2D eigenvalue weighted by Crippen LogP contribution is -2.49. The number of thiazole rings is 1. The van der Waals surface area contributed by atoms with E-state index in [4.69, 9.17) is 15.1 Å². The van der Waals surface area contributed by atoms with E-state index in [1.54, 1.807) is 23.4 Å². The summed E-state index contributed by atoms with van der Waals surface area (Å²) in [6.45, 7) is 5.76. The van der Waals surface area contributed by atoms with Gasteiger partial charge in [-0.15, -0.1) is 16.4 Å². The number of hydrogen-bond donors (Lipinski definition) is 0. The van der Waals surface area contributed by atoms with E-state index in [1.165, 1.54) is 23.5 Å². The Labute approximate surface area is 213 Å². The third-order valence-corrected chi connectivity index (χ3v) is 9.20. The van der Waals surface area contributed by atoms with Gasteiger partial charge in [0.15, 0.2) is 16.6 Å². The number of benzene rings is 1. The minimum Gasteiger partial charge on any atom is -0.353 e. The van der Waals surface area contributed by atoms with Crippen LogP contribution in [0.3, 0.4) is 0 Å². The Hall–Kier alpha value is -3.09. The lowest BCUT2D eigenvalue weighted by molar-refractivity contribution is 0.384. The van der Waals surface area contributed by atoms with Gasteiger partial charge in [-0.3, -0.25) is 0 Å². The minimum atomic E-state index is -3.19. The topological polar surface area (TPSA) is 86.9 Å². The molecule has 0 bridgehead atoms. The van der Waals surface area contributed by atoms with Gasteiger partial charge in [-0.05, 0) is 49.7 Å². The van der Waals surface area contributed by atoms with Crippen LogP contribution < -0.4 is 9.80 Å². The summed E-state index contributed by atoms with van der Waals surface area (Å²) in [6, 6.07) is 10.2. The Balaban J connectivity index is 1.44. The van der Waals surface area contributed by atoms with Crippen LogP contribution in [0.1, 0.15) is 19.5 Å².